The van der Waals surface area contributed by atoms with Crippen LogP contribution in [-0.2, 0) is 0 Å². The highest BCUT2D eigenvalue weighted by molar-refractivity contribution is 8.00. The van der Waals surface area contributed by atoms with Crippen LogP contribution in [-0.4, -0.2) is 17.5 Å². The number of rotatable bonds is 4. The fourth-order valence-corrected chi connectivity index (χ4v) is 2.50. The predicted molar refractivity (Wildman–Crippen MR) is 69.6 cm³/mol. The zero-order valence-electron chi connectivity index (χ0n) is 9.34. The predicted octanol–water partition coefficient (Wildman–Crippen LogP) is 2.88. The molecule has 15 heavy (non-hydrogen) atoms. The molecule has 1 aromatic carbocycles. The molecule has 0 amide bonds. The molecule has 3 heteroatoms. The smallest absolute Gasteiger partial charge is 0.0363 e. The second-order valence-electron chi connectivity index (χ2n) is 4.37. The van der Waals surface area contributed by atoms with Gasteiger partial charge in [-0.25, -0.2) is 0 Å². The number of nitrogen functional groups attached to an aromatic ring is 1. The lowest BCUT2D eigenvalue weighted by Crippen LogP contribution is -2.17. The largest absolute Gasteiger partial charge is 0.399 e. The summed E-state index contributed by atoms with van der Waals surface area (Å²) >= 11 is 1.97. The minimum absolute atomic E-state index is 0.499. The van der Waals surface area contributed by atoms with Crippen LogP contribution in [0.5, 0.6) is 0 Å². The van der Waals surface area contributed by atoms with Gasteiger partial charge in [0.05, 0.1) is 0 Å². The first-order chi connectivity index (χ1) is 7.13. The van der Waals surface area contributed by atoms with E-state index in [0.29, 0.717) is 4.75 Å². The van der Waals surface area contributed by atoms with Gasteiger partial charge in [-0.1, -0.05) is 0 Å². The Hall–Kier alpha value is -0.830. The van der Waals surface area contributed by atoms with Crippen molar-refractivity contribution in [3.05, 3.63) is 23.8 Å². The molecular weight excluding hydrogens is 204 g/mol. The van der Waals surface area contributed by atoms with E-state index in [0.717, 1.165) is 17.9 Å². The van der Waals surface area contributed by atoms with Crippen molar-refractivity contribution in [1.82, 2.24) is 0 Å². The van der Waals surface area contributed by atoms with Gasteiger partial charge < -0.3 is 11.1 Å². The standard InChI is InChI=1S/C12H18N2S/c1-9-5-10(13)7-11(6-9)14-8-12(15-2)3-4-12/h5-7,14H,3-4,8,13H2,1-2H3. The van der Waals surface area contributed by atoms with Crippen LogP contribution in [0.3, 0.4) is 0 Å². The summed E-state index contributed by atoms with van der Waals surface area (Å²) in [6.45, 7) is 3.13. The number of thioether (sulfide) groups is 1. The zero-order valence-corrected chi connectivity index (χ0v) is 10.2. The lowest BCUT2D eigenvalue weighted by molar-refractivity contribution is 0.949. The summed E-state index contributed by atoms with van der Waals surface area (Å²) in [5.41, 5.74) is 9.00. The molecule has 1 aliphatic carbocycles. The van der Waals surface area contributed by atoms with E-state index in [1.807, 2.05) is 23.9 Å². The summed E-state index contributed by atoms with van der Waals surface area (Å²) in [5, 5.41) is 3.48. The molecular formula is C12H18N2S. The third-order valence-electron chi connectivity index (χ3n) is 2.96. The molecule has 3 N–H and O–H groups in total. The Morgan fingerprint density at radius 2 is 2.13 bits per heavy atom. The molecule has 82 valence electrons. The van der Waals surface area contributed by atoms with Crippen molar-refractivity contribution in [2.75, 3.05) is 23.9 Å². The average molecular weight is 222 g/mol. The Morgan fingerprint density at radius 3 is 2.67 bits per heavy atom. The van der Waals surface area contributed by atoms with Crippen molar-refractivity contribution in [2.24, 2.45) is 0 Å². The van der Waals surface area contributed by atoms with E-state index < -0.39 is 0 Å². The summed E-state index contributed by atoms with van der Waals surface area (Å²) in [7, 11) is 0. The maximum absolute atomic E-state index is 5.80. The van der Waals surface area contributed by atoms with Gasteiger partial charge in [0.25, 0.3) is 0 Å². The summed E-state index contributed by atoms with van der Waals surface area (Å²) < 4.78 is 0.499. The zero-order chi connectivity index (χ0) is 10.9. The van der Waals surface area contributed by atoms with Gasteiger partial charge in [-0.2, -0.15) is 11.8 Å². The molecule has 0 spiro atoms. The highest BCUT2D eigenvalue weighted by atomic mass is 32.2. The molecule has 0 heterocycles. The third kappa shape index (κ3) is 2.59. The van der Waals surface area contributed by atoms with Crippen LogP contribution in [0.1, 0.15) is 18.4 Å². The first kappa shape index (κ1) is 10.7. The van der Waals surface area contributed by atoms with Gasteiger partial charge in [-0.15, -0.1) is 0 Å². The number of hydrogen-bond donors (Lipinski definition) is 2. The normalized spacial score (nSPS) is 17.5. The number of aryl methyl sites for hydroxylation is 1. The lowest BCUT2D eigenvalue weighted by Gasteiger charge is -2.14. The SMILES string of the molecule is CSC1(CNc2cc(C)cc(N)c2)CC1. The van der Waals surface area contributed by atoms with Crippen molar-refractivity contribution in [2.45, 2.75) is 24.5 Å². The van der Waals surface area contributed by atoms with E-state index in [2.05, 4.69) is 24.6 Å². The monoisotopic (exact) mass is 222 g/mol. The van der Waals surface area contributed by atoms with E-state index in [-0.39, 0.29) is 0 Å². The van der Waals surface area contributed by atoms with Gasteiger partial charge >= 0.3 is 0 Å². The number of nitrogens with one attached hydrogen (secondary N) is 1. The van der Waals surface area contributed by atoms with Gasteiger partial charge in [-0.05, 0) is 49.8 Å². The summed E-state index contributed by atoms with van der Waals surface area (Å²) in [5.74, 6) is 0. The van der Waals surface area contributed by atoms with E-state index in [9.17, 15) is 0 Å². The van der Waals surface area contributed by atoms with Gasteiger partial charge in [0.15, 0.2) is 0 Å². The third-order valence-corrected chi connectivity index (χ3v) is 4.37. The Balaban J connectivity index is 1.99. The average Bonchev–Trinajstić information content (AvgIpc) is 2.94. The number of benzene rings is 1. The molecule has 0 aromatic heterocycles. The van der Waals surface area contributed by atoms with Crippen LogP contribution >= 0.6 is 11.8 Å². The number of nitrogens with two attached hydrogens (primary N) is 1. The van der Waals surface area contributed by atoms with E-state index in [4.69, 9.17) is 5.73 Å². The molecule has 0 bridgehead atoms. The quantitative estimate of drug-likeness (QED) is 0.769. The van der Waals surface area contributed by atoms with E-state index in [1.165, 1.54) is 18.4 Å². The maximum atomic E-state index is 5.80. The summed E-state index contributed by atoms with van der Waals surface area (Å²) in [4.78, 5) is 0. The number of anilines is 2. The van der Waals surface area contributed by atoms with Gasteiger partial charge in [0, 0.05) is 22.7 Å². The molecule has 2 nitrogen and oxygen atoms in total. The maximum Gasteiger partial charge on any atom is 0.0363 e. The molecule has 1 fully saturated rings. The highest BCUT2D eigenvalue weighted by Gasteiger charge is 2.41. The summed E-state index contributed by atoms with van der Waals surface area (Å²) in [6.07, 6.45) is 4.87. The van der Waals surface area contributed by atoms with Crippen molar-refractivity contribution >= 4 is 23.1 Å². The van der Waals surface area contributed by atoms with Gasteiger partial charge in [0.1, 0.15) is 0 Å². The Morgan fingerprint density at radius 1 is 1.40 bits per heavy atom. The second-order valence-corrected chi connectivity index (χ2v) is 5.65. The highest BCUT2D eigenvalue weighted by Crippen LogP contribution is 2.47. The molecule has 1 aromatic rings. The van der Waals surface area contributed by atoms with Crippen LogP contribution in [0.2, 0.25) is 0 Å². The molecule has 0 unspecified atom stereocenters. The number of hydrogen-bond acceptors (Lipinski definition) is 3. The van der Waals surface area contributed by atoms with Gasteiger partial charge in [-0.3, -0.25) is 0 Å². The fourth-order valence-electron chi connectivity index (χ4n) is 1.77. The molecule has 1 saturated carbocycles. The van der Waals surface area contributed by atoms with Crippen LogP contribution in [0, 0.1) is 6.92 Å². The molecule has 0 saturated heterocycles. The van der Waals surface area contributed by atoms with Crippen LogP contribution < -0.4 is 11.1 Å². The van der Waals surface area contributed by atoms with E-state index in [1.54, 1.807) is 0 Å². The molecule has 0 radical (unpaired) electrons. The molecule has 2 rings (SSSR count). The molecule has 0 aliphatic heterocycles. The Labute approximate surface area is 95.6 Å². The Kier molecular flexibility index (Phi) is 2.83. The van der Waals surface area contributed by atoms with Crippen molar-refractivity contribution in [3.8, 4) is 0 Å². The second kappa shape index (κ2) is 3.97. The van der Waals surface area contributed by atoms with Crippen LogP contribution in [0.15, 0.2) is 18.2 Å². The van der Waals surface area contributed by atoms with Crippen molar-refractivity contribution in [1.29, 1.82) is 0 Å². The first-order valence-corrected chi connectivity index (χ1v) is 6.52. The minimum atomic E-state index is 0.499. The lowest BCUT2D eigenvalue weighted by atomic mass is 10.2. The molecule has 1 aliphatic rings. The van der Waals surface area contributed by atoms with Crippen molar-refractivity contribution in [3.63, 3.8) is 0 Å². The van der Waals surface area contributed by atoms with Crippen LogP contribution in [0.4, 0.5) is 11.4 Å². The first-order valence-electron chi connectivity index (χ1n) is 5.30. The van der Waals surface area contributed by atoms with Crippen molar-refractivity contribution < 1.29 is 0 Å². The van der Waals surface area contributed by atoms with Crippen LogP contribution in [0.25, 0.3) is 0 Å². The fraction of sp³-hybridized carbons (Fsp3) is 0.500. The van der Waals surface area contributed by atoms with E-state index >= 15 is 0 Å². The minimum Gasteiger partial charge on any atom is -0.399 e. The Bertz CT molecular complexity index is 338. The topological polar surface area (TPSA) is 38.0 Å². The molecule has 0 atom stereocenters. The summed E-state index contributed by atoms with van der Waals surface area (Å²) in [6, 6.07) is 6.14. The van der Waals surface area contributed by atoms with Gasteiger partial charge in [0.2, 0.25) is 0 Å².